The lowest BCUT2D eigenvalue weighted by Gasteiger charge is -2.10. The van der Waals surface area contributed by atoms with Gasteiger partial charge < -0.3 is 10.1 Å². The fourth-order valence-electron chi connectivity index (χ4n) is 2.20. The molecule has 0 aliphatic heterocycles. The number of nitrogens with one attached hydrogen (secondary N) is 1. The van der Waals surface area contributed by atoms with Crippen molar-refractivity contribution in [1.82, 2.24) is 10.3 Å². The van der Waals surface area contributed by atoms with Gasteiger partial charge in [-0.05, 0) is 32.5 Å². The van der Waals surface area contributed by atoms with E-state index in [-0.39, 0.29) is 0 Å². The summed E-state index contributed by atoms with van der Waals surface area (Å²) in [6, 6.07) is 5.95. The molecular formula is C15H19ClN2OS. The normalized spacial score (nSPS) is 12.4. The molecule has 0 bridgehead atoms. The molecule has 108 valence electrons. The molecule has 2 rings (SSSR count). The monoisotopic (exact) mass is 310 g/mol. The summed E-state index contributed by atoms with van der Waals surface area (Å²) in [6.45, 7) is 7.22. The number of aromatic nitrogens is 1. The second-order valence-corrected chi connectivity index (χ2v) is 6.00. The van der Waals surface area contributed by atoms with Gasteiger partial charge in [0, 0.05) is 10.9 Å². The molecule has 0 aliphatic rings. The summed E-state index contributed by atoms with van der Waals surface area (Å²) in [6.07, 6.45) is 0. The zero-order valence-corrected chi connectivity index (χ0v) is 13.7. The SMILES string of the molecule is CCNC(C)c1sc(-c2c(Cl)cccc2OC)nc1C. The second-order valence-electron chi connectivity index (χ2n) is 4.57. The molecule has 0 saturated heterocycles. The minimum atomic E-state index is 0.291. The summed E-state index contributed by atoms with van der Waals surface area (Å²) in [5, 5.41) is 4.99. The first-order chi connectivity index (χ1) is 9.58. The van der Waals surface area contributed by atoms with Gasteiger partial charge in [-0.2, -0.15) is 0 Å². The van der Waals surface area contributed by atoms with Gasteiger partial charge in [-0.3, -0.25) is 0 Å². The Bertz CT molecular complexity index is 598. The molecule has 2 aromatic rings. The van der Waals surface area contributed by atoms with Crippen molar-refractivity contribution in [2.75, 3.05) is 13.7 Å². The van der Waals surface area contributed by atoms with Crippen LogP contribution >= 0.6 is 22.9 Å². The average molecular weight is 311 g/mol. The number of ether oxygens (including phenoxy) is 1. The number of aryl methyl sites for hydroxylation is 1. The molecule has 5 heteroatoms. The van der Waals surface area contributed by atoms with Gasteiger partial charge >= 0.3 is 0 Å². The number of benzene rings is 1. The lowest BCUT2D eigenvalue weighted by Crippen LogP contribution is -2.17. The molecule has 1 N–H and O–H groups in total. The quantitative estimate of drug-likeness (QED) is 0.886. The molecule has 0 fully saturated rings. The number of methoxy groups -OCH3 is 1. The van der Waals surface area contributed by atoms with Crippen molar-refractivity contribution in [3.63, 3.8) is 0 Å². The Balaban J connectivity index is 2.47. The van der Waals surface area contributed by atoms with Crippen LogP contribution in [0.4, 0.5) is 0 Å². The highest BCUT2D eigenvalue weighted by Crippen LogP contribution is 2.40. The molecule has 1 heterocycles. The number of nitrogens with zero attached hydrogens (tertiary/aromatic N) is 1. The van der Waals surface area contributed by atoms with Gasteiger partial charge in [0.05, 0.1) is 23.4 Å². The Morgan fingerprint density at radius 3 is 2.85 bits per heavy atom. The summed E-state index contributed by atoms with van der Waals surface area (Å²) in [4.78, 5) is 5.91. The van der Waals surface area contributed by atoms with Gasteiger partial charge in [0.15, 0.2) is 0 Å². The number of halogens is 1. The first-order valence-electron chi connectivity index (χ1n) is 6.62. The smallest absolute Gasteiger partial charge is 0.130 e. The van der Waals surface area contributed by atoms with Crippen molar-refractivity contribution in [3.8, 4) is 16.3 Å². The van der Waals surface area contributed by atoms with Gasteiger partial charge in [-0.25, -0.2) is 4.98 Å². The van der Waals surface area contributed by atoms with Crippen LogP contribution in [0.5, 0.6) is 5.75 Å². The van der Waals surface area contributed by atoms with E-state index in [4.69, 9.17) is 16.3 Å². The predicted molar refractivity (Wildman–Crippen MR) is 85.9 cm³/mol. The number of hydrogen-bond donors (Lipinski definition) is 1. The van der Waals surface area contributed by atoms with E-state index in [9.17, 15) is 0 Å². The highest BCUT2D eigenvalue weighted by atomic mass is 35.5. The van der Waals surface area contributed by atoms with Crippen LogP contribution in [0.3, 0.4) is 0 Å². The maximum Gasteiger partial charge on any atom is 0.130 e. The van der Waals surface area contributed by atoms with Crippen LogP contribution in [0.15, 0.2) is 18.2 Å². The standard InChI is InChI=1S/C15H19ClN2OS/c1-5-17-9(2)14-10(3)18-15(20-14)13-11(16)7-6-8-12(13)19-4/h6-9,17H,5H2,1-4H3. The highest BCUT2D eigenvalue weighted by molar-refractivity contribution is 7.15. The largest absolute Gasteiger partial charge is 0.496 e. The first kappa shape index (κ1) is 15.3. The molecule has 1 atom stereocenters. The molecule has 0 aliphatic carbocycles. The van der Waals surface area contributed by atoms with Crippen LogP contribution in [0, 0.1) is 6.92 Å². The van der Waals surface area contributed by atoms with Crippen molar-refractivity contribution in [2.45, 2.75) is 26.8 Å². The zero-order valence-electron chi connectivity index (χ0n) is 12.2. The lowest BCUT2D eigenvalue weighted by molar-refractivity contribution is 0.416. The topological polar surface area (TPSA) is 34.1 Å². The summed E-state index contributed by atoms with van der Waals surface area (Å²) >= 11 is 7.98. The Morgan fingerprint density at radius 1 is 1.45 bits per heavy atom. The van der Waals surface area contributed by atoms with E-state index in [2.05, 4.69) is 24.1 Å². The molecule has 0 radical (unpaired) electrons. The van der Waals surface area contributed by atoms with Gasteiger partial charge in [-0.1, -0.05) is 24.6 Å². The van der Waals surface area contributed by atoms with Crippen molar-refractivity contribution in [3.05, 3.63) is 33.8 Å². The third kappa shape index (κ3) is 2.97. The molecule has 1 unspecified atom stereocenters. The highest BCUT2D eigenvalue weighted by Gasteiger charge is 2.18. The summed E-state index contributed by atoms with van der Waals surface area (Å²) in [7, 11) is 1.65. The average Bonchev–Trinajstić information content (AvgIpc) is 2.80. The first-order valence-corrected chi connectivity index (χ1v) is 7.81. The zero-order chi connectivity index (χ0) is 14.7. The Labute approximate surface area is 129 Å². The van der Waals surface area contributed by atoms with E-state index in [1.807, 2.05) is 25.1 Å². The van der Waals surface area contributed by atoms with E-state index in [1.165, 1.54) is 4.88 Å². The van der Waals surface area contributed by atoms with Crippen LogP contribution in [0.25, 0.3) is 10.6 Å². The van der Waals surface area contributed by atoms with Crippen LogP contribution in [0.1, 0.15) is 30.5 Å². The molecule has 3 nitrogen and oxygen atoms in total. The molecule has 0 saturated carbocycles. The Morgan fingerprint density at radius 2 is 2.20 bits per heavy atom. The Kier molecular flexibility index (Phi) is 5.02. The fraction of sp³-hybridized carbons (Fsp3) is 0.400. The van der Waals surface area contributed by atoms with E-state index >= 15 is 0 Å². The summed E-state index contributed by atoms with van der Waals surface area (Å²) in [5.41, 5.74) is 1.92. The summed E-state index contributed by atoms with van der Waals surface area (Å²) < 4.78 is 5.40. The van der Waals surface area contributed by atoms with E-state index in [1.54, 1.807) is 18.4 Å². The molecular weight excluding hydrogens is 292 g/mol. The van der Waals surface area contributed by atoms with Crippen molar-refractivity contribution in [1.29, 1.82) is 0 Å². The maximum atomic E-state index is 6.32. The van der Waals surface area contributed by atoms with Gasteiger partial charge in [-0.15, -0.1) is 11.3 Å². The predicted octanol–water partition coefficient (Wildman–Crippen LogP) is 4.45. The van der Waals surface area contributed by atoms with Crippen LogP contribution < -0.4 is 10.1 Å². The Hall–Kier alpha value is -1.10. The third-order valence-corrected chi connectivity index (χ3v) is 4.82. The van der Waals surface area contributed by atoms with Crippen molar-refractivity contribution < 1.29 is 4.74 Å². The lowest BCUT2D eigenvalue weighted by atomic mass is 10.2. The van der Waals surface area contributed by atoms with Gasteiger partial charge in [0.25, 0.3) is 0 Å². The van der Waals surface area contributed by atoms with Crippen LogP contribution in [0.2, 0.25) is 5.02 Å². The van der Waals surface area contributed by atoms with Crippen LogP contribution in [-0.4, -0.2) is 18.6 Å². The minimum absolute atomic E-state index is 0.291. The molecule has 20 heavy (non-hydrogen) atoms. The minimum Gasteiger partial charge on any atom is -0.496 e. The second kappa shape index (κ2) is 6.57. The maximum absolute atomic E-state index is 6.32. The fourth-order valence-corrected chi connectivity index (χ4v) is 3.67. The number of hydrogen-bond acceptors (Lipinski definition) is 4. The summed E-state index contributed by atoms with van der Waals surface area (Å²) in [5.74, 6) is 0.758. The van der Waals surface area contributed by atoms with Gasteiger partial charge in [0.2, 0.25) is 0 Å². The number of thiazole rings is 1. The molecule has 0 spiro atoms. The van der Waals surface area contributed by atoms with E-state index in [0.29, 0.717) is 11.1 Å². The van der Waals surface area contributed by atoms with E-state index in [0.717, 1.165) is 28.6 Å². The molecule has 1 aromatic heterocycles. The van der Waals surface area contributed by atoms with E-state index < -0.39 is 0 Å². The number of rotatable bonds is 5. The van der Waals surface area contributed by atoms with Crippen molar-refractivity contribution in [2.24, 2.45) is 0 Å². The molecule has 1 aromatic carbocycles. The van der Waals surface area contributed by atoms with Gasteiger partial charge in [0.1, 0.15) is 10.8 Å². The van der Waals surface area contributed by atoms with Crippen molar-refractivity contribution >= 4 is 22.9 Å². The third-order valence-electron chi connectivity index (χ3n) is 3.15. The van der Waals surface area contributed by atoms with Crippen LogP contribution in [-0.2, 0) is 0 Å². The molecule has 0 amide bonds.